The van der Waals surface area contributed by atoms with E-state index in [4.69, 9.17) is 0 Å². The van der Waals surface area contributed by atoms with E-state index in [1.54, 1.807) is 24.0 Å². The normalized spacial score (nSPS) is 12.0. The van der Waals surface area contributed by atoms with Gasteiger partial charge in [0.25, 0.3) is 0 Å². The number of nitrogens with one attached hydrogen (secondary N) is 1. The maximum Gasteiger partial charge on any atom is 0.222 e. The molecule has 0 fully saturated rings. The van der Waals surface area contributed by atoms with E-state index in [9.17, 15) is 9.59 Å². The molecule has 6 nitrogen and oxygen atoms in total. The first-order valence-electron chi connectivity index (χ1n) is 8.62. The van der Waals surface area contributed by atoms with Gasteiger partial charge in [0.15, 0.2) is 5.78 Å². The Morgan fingerprint density at radius 1 is 1.24 bits per heavy atom. The van der Waals surface area contributed by atoms with Crippen molar-refractivity contribution >= 4 is 11.7 Å². The second kappa shape index (κ2) is 8.55. The number of aromatic nitrogens is 3. The van der Waals surface area contributed by atoms with Crippen molar-refractivity contribution in [3.63, 3.8) is 0 Å². The lowest BCUT2D eigenvalue weighted by atomic mass is 10.1. The molecule has 1 atom stereocenters. The molecule has 6 heteroatoms. The minimum atomic E-state index is -0.0907. The van der Waals surface area contributed by atoms with Crippen molar-refractivity contribution in [3.8, 4) is 0 Å². The van der Waals surface area contributed by atoms with Crippen molar-refractivity contribution in [1.29, 1.82) is 0 Å². The van der Waals surface area contributed by atoms with Gasteiger partial charge in [-0.25, -0.2) is 0 Å². The van der Waals surface area contributed by atoms with E-state index in [2.05, 4.69) is 15.4 Å². The minimum Gasteiger partial charge on any atom is -0.356 e. The fourth-order valence-corrected chi connectivity index (χ4v) is 3.10. The first-order valence-corrected chi connectivity index (χ1v) is 8.62. The molecule has 1 N–H and O–H groups in total. The highest BCUT2D eigenvalue weighted by molar-refractivity contribution is 5.96. The summed E-state index contributed by atoms with van der Waals surface area (Å²) in [5.74, 6) is 0.00756. The summed E-state index contributed by atoms with van der Waals surface area (Å²) in [6, 6.07) is 3.88. The smallest absolute Gasteiger partial charge is 0.222 e. The Morgan fingerprint density at radius 3 is 2.52 bits per heavy atom. The monoisotopic (exact) mass is 342 g/mol. The van der Waals surface area contributed by atoms with Gasteiger partial charge >= 0.3 is 0 Å². The number of carbonyl (C=O) groups is 2. The topological polar surface area (TPSA) is 76.9 Å². The highest BCUT2D eigenvalue weighted by atomic mass is 16.1. The van der Waals surface area contributed by atoms with Gasteiger partial charge in [0.1, 0.15) is 0 Å². The molecule has 0 aliphatic heterocycles. The highest BCUT2D eigenvalue weighted by Crippen LogP contribution is 2.19. The van der Waals surface area contributed by atoms with E-state index in [1.807, 2.05) is 32.9 Å². The van der Waals surface area contributed by atoms with Crippen molar-refractivity contribution in [2.45, 2.75) is 53.0 Å². The number of hydrogen-bond acceptors (Lipinski definition) is 4. The fraction of sp³-hybridized carbons (Fsp3) is 0.474. The molecule has 0 bridgehead atoms. The van der Waals surface area contributed by atoms with Crippen LogP contribution in [-0.2, 0) is 11.2 Å². The molecule has 0 radical (unpaired) electrons. The molecule has 0 aliphatic carbocycles. The average Bonchev–Trinajstić information content (AvgIpc) is 2.87. The van der Waals surface area contributed by atoms with E-state index in [0.29, 0.717) is 18.5 Å². The molecular weight excluding hydrogens is 316 g/mol. The molecule has 2 aromatic rings. The van der Waals surface area contributed by atoms with E-state index in [-0.39, 0.29) is 17.7 Å². The molecule has 2 rings (SSSR count). The zero-order valence-corrected chi connectivity index (χ0v) is 15.4. The van der Waals surface area contributed by atoms with Crippen LogP contribution in [-0.4, -0.2) is 33.0 Å². The summed E-state index contributed by atoms with van der Waals surface area (Å²) < 4.78 is 1.78. The van der Waals surface area contributed by atoms with Crippen LogP contribution in [0.2, 0.25) is 0 Å². The number of carbonyl (C=O) groups excluding carboxylic acids is 2. The molecule has 2 aromatic heterocycles. The molecule has 0 unspecified atom stereocenters. The maximum atomic E-state index is 12.1. The van der Waals surface area contributed by atoms with Crippen LogP contribution in [0.5, 0.6) is 0 Å². The summed E-state index contributed by atoms with van der Waals surface area (Å²) in [7, 11) is 0. The first-order chi connectivity index (χ1) is 11.9. The van der Waals surface area contributed by atoms with Gasteiger partial charge in [0.2, 0.25) is 5.91 Å². The molecule has 0 saturated heterocycles. The van der Waals surface area contributed by atoms with Gasteiger partial charge in [-0.1, -0.05) is 0 Å². The van der Waals surface area contributed by atoms with Crippen LogP contribution in [0.25, 0.3) is 0 Å². The third-order valence-electron chi connectivity index (χ3n) is 4.29. The second-order valence-corrected chi connectivity index (χ2v) is 6.41. The summed E-state index contributed by atoms with van der Waals surface area (Å²) in [5.41, 5.74) is 3.42. The Morgan fingerprint density at radius 2 is 1.92 bits per heavy atom. The summed E-state index contributed by atoms with van der Waals surface area (Å²) in [5, 5.41) is 7.39. The number of hydrogen-bond donors (Lipinski definition) is 1. The number of rotatable bonds is 8. The minimum absolute atomic E-state index is 0.000781. The zero-order valence-electron chi connectivity index (χ0n) is 15.4. The first kappa shape index (κ1) is 18.8. The van der Waals surface area contributed by atoms with Crippen molar-refractivity contribution < 1.29 is 9.59 Å². The summed E-state index contributed by atoms with van der Waals surface area (Å²) >= 11 is 0. The van der Waals surface area contributed by atoms with Crippen molar-refractivity contribution in [3.05, 3.63) is 47.0 Å². The van der Waals surface area contributed by atoms with Crippen LogP contribution >= 0.6 is 0 Å². The quantitative estimate of drug-likeness (QED) is 0.591. The Bertz CT molecular complexity index is 737. The molecule has 1 amide bonds. The third kappa shape index (κ3) is 4.98. The van der Waals surface area contributed by atoms with Crippen LogP contribution in [0.1, 0.15) is 60.0 Å². The second-order valence-electron chi connectivity index (χ2n) is 6.41. The zero-order chi connectivity index (χ0) is 18.4. The van der Waals surface area contributed by atoms with Gasteiger partial charge in [0, 0.05) is 31.1 Å². The van der Waals surface area contributed by atoms with Gasteiger partial charge in [-0.3, -0.25) is 19.3 Å². The molecule has 2 heterocycles. The van der Waals surface area contributed by atoms with Crippen LogP contribution < -0.4 is 5.32 Å². The van der Waals surface area contributed by atoms with E-state index in [1.165, 1.54) is 5.56 Å². The SMILES string of the molecule is CC(=O)c1c(C)nn([C@@H](C)CC(=O)NCCCc2ccncc2)c1C. The van der Waals surface area contributed by atoms with E-state index in [0.717, 1.165) is 24.2 Å². The lowest BCUT2D eigenvalue weighted by Gasteiger charge is -2.14. The summed E-state index contributed by atoms with van der Waals surface area (Å²) in [6.45, 7) is 7.83. The predicted molar refractivity (Wildman–Crippen MR) is 96.6 cm³/mol. The van der Waals surface area contributed by atoms with Crippen LogP contribution in [0.15, 0.2) is 24.5 Å². The number of nitrogens with zero attached hydrogens (tertiary/aromatic N) is 3. The van der Waals surface area contributed by atoms with Crippen LogP contribution in [0.3, 0.4) is 0 Å². The van der Waals surface area contributed by atoms with Crippen LogP contribution in [0.4, 0.5) is 0 Å². The van der Waals surface area contributed by atoms with E-state index >= 15 is 0 Å². The highest BCUT2D eigenvalue weighted by Gasteiger charge is 2.20. The Hall–Kier alpha value is -2.50. The molecule has 134 valence electrons. The molecule has 0 saturated carbocycles. The lowest BCUT2D eigenvalue weighted by molar-refractivity contribution is -0.121. The number of pyridine rings is 1. The Balaban J connectivity index is 1.82. The van der Waals surface area contributed by atoms with Gasteiger partial charge < -0.3 is 5.32 Å². The Labute approximate surface area is 148 Å². The average molecular weight is 342 g/mol. The largest absolute Gasteiger partial charge is 0.356 e. The molecule has 0 aromatic carbocycles. The van der Waals surface area contributed by atoms with E-state index < -0.39 is 0 Å². The van der Waals surface area contributed by atoms with Gasteiger partial charge in [0.05, 0.1) is 17.3 Å². The summed E-state index contributed by atoms with van der Waals surface area (Å²) in [4.78, 5) is 27.8. The maximum absolute atomic E-state index is 12.1. The van der Waals surface area contributed by atoms with Crippen molar-refractivity contribution in [2.24, 2.45) is 0 Å². The van der Waals surface area contributed by atoms with Gasteiger partial charge in [-0.2, -0.15) is 5.10 Å². The number of ketones is 1. The van der Waals surface area contributed by atoms with Crippen molar-refractivity contribution in [2.75, 3.05) is 6.54 Å². The van der Waals surface area contributed by atoms with Gasteiger partial charge in [-0.15, -0.1) is 0 Å². The molecule has 25 heavy (non-hydrogen) atoms. The Kier molecular flexibility index (Phi) is 6.44. The summed E-state index contributed by atoms with van der Waals surface area (Å²) in [6.07, 6.45) is 5.70. The molecule has 0 aliphatic rings. The fourth-order valence-electron chi connectivity index (χ4n) is 3.10. The molecule has 0 spiro atoms. The third-order valence-corrected chi connectivity index (χ3v) is 4.29. The standard InChI is InChI=1S/C19H26N4O2/c1-13(23-15(3)19(16(4)24)14(2)22-23)12-18(25)21-9-5-6-17-7-10-20-11-8-17/h7-8,10-11,13H,5-6,9,12H2,1-4H3,(H,21,25)/t13-/m0/s1. The van der Waals surface area contributed by atoms with Crippen molar-refractivity contribution in [1.82, 2.24) is 20.1 Å². The number of aryl methyl sites for hydroxylation is 2. The molecular formula is C19H26N4O2. The lowest BCUT2D eigenvalue weighted by Crippen LogP contribution is -2.27. The number of Topliss-reactive ketones (excluding diaryl/α,β-unsaturated/α-hetero) is 1. The van der Waals surface area contributed by atoms with Crippen LogP contribution in [0, 0.1) is 13.8 Å². The number of amides is 1. The van der Waals surface area contributed by atoms with Gasteiger partial charge in [-0.05, 0) is 58.2 Å². The predicted octanol–water partition coefficient (Wildman–Crippen LogP) is 2.80.